The molecule has 17 unspecified atom stereocenters. The third-order valence-electron chi connectivity index (χ3n) is 16.0. The summed E-state index contributed by atoms with van der Waals surface area (Å²) >= 11 is 0. The molecule has 0 aliphatic carbocycles. The van der Waals surface area contributed by atoms with E-state index in [9.17, 15) is 61.0 Å². The van der Waals surface area contributed by atoms with E-state index in [2.05, 4.69) is 116 Å². The normalized spacial score (nSPS) is 28.9. The fourth-order valence-corrected chi connectivity index (χ4v) is 10.6. The Kier molecular flexibility index (Phi) is 45.6. The summed E-state index contributed by atoms with van der Waals surface area (Å²) in [5.41, 5.74) is 0. The lowest BCUT2D eigenvalue weighted by Gasteiger charge is -2.48. The van der Waals surface area contributed by atoms with Gasteiger partial charge in [-0.05, 0) is 96.3 Å². The summed E-state index contributed by atoms with van der Waals surface area (Å²) in [5, 5.41) is 120. The Balaban J connectivity index is 1.48. The monoisotopic (exact) mass is 1260 g/mol. The minimum Gasteiger partial charge on any atom is -0.394 e. The highest BCUT2D eigenvalue weighted by molar-refractivity contribution is 5.76. The molecule has 0 aromatic rings. The predicted octanol–water partition coefficient (Wildman–Crippen LogP) is 8.27. The minimum absolute atomic E-state index is 0.207. The number of hydrogen-bond acceptors (Lipinski definition) is 18. The molecule has 0 spiro atoms. The fraction of sp³-hybridized carbons (Fsp3) is 0.729. The molecule has 0 radical (unpaired) electrons. The van der Waals surface area contributed by atoms with E-state index in [1.54, 1.807) is 6.08 Å². The predicted molar refractivity (Wildman–Crippen MR) is 346 cm³/mol. The van der Waals surface area contributed by atoms with Gasteiger partial charge < -0.3 is 89.9 Å². The number of carbonyl (C=O) groups is 1. The molecule has 3 rings (SSSR count). The summed E-state index contributed by atoms with van der Waals surface area (Å²) in [6.07, 6.45) is 40.5. The SMILES string of the molecule is CC/C=C\C/C=C\C/C=C\C/C=C\C/C=C\C/C=C\CCCCCCCCC(=O)NC(COC1OC(CO)C(OC2OC(CO)C(OC3OC(CO)C(O)C(O)C3O)C(O)C2O)C(O)C1O)C(O)/C=C/CC/C=C/CC/C=C/CCCCCCCCCCC. The van der Waals surface area contributed by atoms with Crippen molar-refractivity contribution < 1.29 is 89.4 Å². The van der Waals surface area contributed by atoms with Crippen molar-refractivity contribution >= 4 is 5.91 Å². The van der Waals surface area contributed by atoms with Crippen LogP contribution in [0, 0.1) is 0 Å². The van der Waals surface area contributed by atoms with E-state index in [1.807, 2.05) is 6.08 Å². The topological polar surface area (TPSA) is 307 Å². The van der Waals surface area contributed by atoms with Gasteiger partial charge in [0.05, 0.1) is 38.6 Å². The molecule has 3 heterocycles. The van der Waals surface area contributed by atoms with Crippen LogP contribution in [-0.2, 0) is 33.2 Å². The highest BCUT2D eigenvalue weighted by Gasteiger charge is 2.53. The lowest BCUT2D eigenvalue weighted by atomic mass is 9.96. The molecule has 3 aliphatic heterocycles. The standard InChI is InChI=1S/C70H117NO18/c1-3-5-7-9-11-13-15-17-19-21-23-24-25-26-27-28-30-32-34-36-38-40-42-44-46-48-58(76)71-53(54(75)47-45-43-41-39-37-35-33-31-29-22-20-18-16-14-12-10-8-6-4-2)52-84-68-64(82)61(79)66(56(50-73)86-68)89-70-65(83)62(80)67(57(51-74)87-70)88-69-63(81)60(78)59(77)55(49-72)85-69/h5,7,11,13,17,19,23-24,26-27,29-32,37,39,45,47,53-57,59-70,72-75,77-83H,3-4,6,8-10,12,14-16,18,20-22,25,28,33-36,38,40-44,46,48-52H2,1-2H3,(H,71,76)/b7-5-,13-11-,19-17-,24-23-,27-26-,31-29+,32-30-,39-37+,47-45+. The number of hydrogen-bond donors (Lipinski definition) is 12. The van der Waals surface area contributed by atoms with Crippen LogP contribution in [0.15, 0.2) is 109 Å². The summed E-state index contributed by atoms with van der Waals surface area (Å²) in [4.78, 5) is 13.4. The Bertz CT molecular complexity index is 2040. The number of unbranched alkanes of at least 4 members (excludes halogenated alkanes) is 17. The van der Waals surface area contributed by atoms with Crippen LogP contribution < -0.4 is 5.32 Å². The maximum Gasteiger partial charge on any atom is 0.220 e. The zero-order valence-corrected chi connectivity index (χ0v) is 53.6. The van der Waals surface area contributed by atoms with E-state index in [4.69, 9.17) is 28.4 Å². The number of rotatable bonds is 49. The van der Waals surface area contributed by atoms with E-state index < -0.39 is 124 Å². The van der Waals surface area contributed by atoms with E-state index in [0.717, 1.165) is 103 Å². The maximum atomic E-state index is 13.4. The first kappa shape index (κ1) is 79.7. The first-order valence-electron chi connectivity index (χ1n) is 33.6. The van der Waals surface area contributed by atoms with E-state index in [0.29, 0.717) is 12.8 Å². The van der Waals surface area contributed by atoms with Crippen molar-refractivity contribution in [2.75, 3.05) is 26.4 Å². The minimum atomic E-state index is -1.99. The summed E-state index contributed by atoms with van der Waals surface area (Å²) in [5.74, 6) is -0.309. The highest BCUT2D eigenvalue weighted by Crippen LogP contribution is 2.33. The number of nitrogens with one attached hydrogen (secondary N) is 1. The van der Waals surface area contributed by atoms with E-state index >= 15 is 0 Å². The molecule has 3 aliphatic rings. The molecule has 17 atom stereocenters. The molecule has 1 amide bonds. The van der Waals surface area contributed by atoms with Crippen molar-refractivity contribution in [1.29, 1.82) is 0 Å². The number of allylic oxidation sites excluding steroid dienone is 17. The average molecular weight is 1260 g/mol. The molecule has 19 nitrogen and oxygen atoms in total. The Morgan fingerprint density at radius 1 is 0.416 bits per heavy atom. The summed E-state index contributed by atoms with van der Waals surface area (Å²) in [7, 11) is 0. The van der Waals surface area contributed by atoms with Gasteiger partial charge in [0, 0.05) is 6.42 Å². The molecule has 0 bridgehead atoms. The van der Waals surface area contributed by atoms with Gasteiger partial charge in [-0.2, -0.15) is 0 Å². The van der Waals surface area contributed by atoms with Gasteiger partial charge in [0.15, 0.2) is 18.9 Å². The van der Waals surface area contributed by atoms with Crippen LogP contribution in [0.5, 0.6) is 0 Å². The van der Waals surface area contributed by atoms with Crippen LogP contribution in [0.4, 0.5) is 0 Å². The largest absolute Gasteiger partial charge is 0.394 e. The van der Waals surface area contributed by atoms with Gasteiger partial charge in [-0.1, -0.05) is 200 Å². The summed E-state index contributed by atoms with van der Waals surface area (Å²) in [6.45, 7) is 1.56. The van der Waals surface area contributed by atoms with Crippen LogP contribution in [-0.4, -0.2) is 193 Å². The number of ether oxygens (including phenoxy) is 6. The molecular formula is C70H117NO18. The second-order valence-electron chi connectivity index (χ2n) is 23.5. The van der Waals surface area contributed by atoms with Gasteiger partial charge in [-0.25, -0.2) is 0 Å². The second-order valence-corrected chi connectivity index (χ2v) is 23.5. The molecule has 3 saturated heterocycles. The molecule has 89 heavy (non-hydrogen) atoms. The first-order chi connectivity index (χ1) is 43.3. The number of aliphatic hydroxyl groups is 11. The molecule has 0 aromatic heterocycles. The molecule has 0 aromatic carbocycles. The highest BCUT2D eigenvalue weighted by atomic mass is 16.8. The molecule has 19 heteroatoms. The lowest BCUT2D eigenvalue weighted by Crippen LogP contribution is -2.66. The number of aliphatic hydroxyl groups excluding tert-OH is 11. The van der Waals surface area contributed by atoms with Crippen LogP contribution in [0.2, 0.25) is 0 Å². The van der Waals surface area contributed by atoms with Crippen molar-refractivity contribution in [3.8, 4) is 0 Å². The van der Waals surface area contributed by atoms with Crippen molar-refractivity contribution in [3.63, 3.8) is 0 Å². The molecule has 0 saturated carbocycles. The Hall–Kier alpha value is -3.55. The number of carbonyl (C=O) groups excluding carboxylic acids is 1. The van der Waals surface area contributed by atoms with Gasteiger partial charge >= 0.3 is 0 Å². The maximum absolute atomic E-state index is 13.4. The third kappa shape index (κ3) is 33.2. The van der Waals surface area contributed by atoms with Crippen molar-refractivity contribution in [2.24, 2.45) is 0 Å². The van der Waals surface area contributed by atoms with Crippen LogP contribution in [0.1, 0.15) is 194 Å². The van der Waals surface area contributed by atoms with Gasteiger partial charge in [0.2, 0.25) is 5.91 Å². The van der Waals surface area contributed by atoms with Crippen molar-refractivity contribution in [2.45, 2.75) is 298 Å². The van der Waals surface area contributed by atoms with Crippen LogP contribution >= 0.6 is 0 Å². The Morgan fingerprint density at radius 3 is 1.26 bits per heavy atom. The average Bonchev–Trinajstić information content (AvgIpc) is 2.44. The molecule has 3 fully saturated rings. The second kappa shape index (κ2) is 50.9. The van der Waals surface area contributed by atoms with Crippen molar-refractivity contribution in [3.05, 3.63) is 109 Å². The first-order valence-corrected chi connectivity index (χ1v) is 33.6. The fourth-order valence-electron chi connectivity index (χ4n) is 10.6. The van der Waals surface area contributed by atoms with Gasteiger partial charge in [0.1, 0.15) is 73.2 Å². The smallest absolute Gasteiger partial charge is 0.220 e. The summed E-state index contributed by atoms with van der Waals surface area (Å²) < 4.78 is 34.3. The lowest BCUT2D eigenvalue weighted by molar-refractivity contribution is -0.379. The van der Waals surface area contributed by atoms with Crippen LogP contribution in [0.3, 0.4) is 0 Å². The van der Waals surface area contributed by atoms with E-state index in [-0.39, 0.29) is 18.9 Å². The Morgan fingerprint density at radius 2 is 0.787 bits per heavy atom. The third-order valence-corrected chi connectivity index (χ3v) is 16.0. The van der Waals surface area contributed by atoms with Crippen LogP contribution in [0.25, 0.3) is 0 Å². The van der Waals surface area contributed by atoms with E-state index in [1.165, 1.54) is 57.8 Å². The zero-order chi connectivity index (χ0) is 64.7. The summed E-state index contributed by atoms with van der Waals surface area (Å²) in [6, 6.07) is -1.01. The van der Waals surface area contributed by atoms with Gasteiger partial charge in [0.25, 0.3) is 0 Å². The quantitative estimate of drug-likeness (QED) is 0.0201. The van der Waals surface area contributed by atoms with Gasteiger partial charge in [-0.3, -0.25) is 4.79 Å². The zero-order valence-electron chi connectivity index (χ0n) is 53.6. The van der Waals surface area contributed by atoms with Crippen molar-refractivity contribution in [1.82, 2.24) is 5.32 Å². The molecule has 12 N–H and O–H groups in total. The molecular weight excluding hydrogens is 1140 g/mol. The Labute approximate surface area is 532 Å². The van der Waals surface area contributed by atoms with Gasteiger partial charge in [-0.15, -0.1) is 0 Å². The molecule has 510 valence electrons. The number of amides is 1.